The number of amides is 4. The first kappa shape index (κ1) is 33.3. The molecule has 0 fully saturated rings. The molecule has 0 radical (unpaired) electrons. The van der Waals surface area contributed by atoms with Gasteiger partial charge in [0, 0.05) is 24.4 Å². The first-order valence-corrected chi connectivity index (χ1v) is 14.0. The molecular formula is C31H37N5O8. The summed E-state index contributed by atoms with van der Waals surface area (Å²) < 4.78 is 11.8. The molecule has 0 aliphatic heterocycles. The number of esters is 1. The number of hydrogen-bond acceptors (Lipinski definition) is 8. The van der Waals surface area contributed by atoms with E-state index < -0.39 is 54.0 Å². The molecule has 3 aromatic rings. The Morgan fingerprint density at radius 3 is 2.27 bits per heavy atom. The number of benzene rings is 2. The molecule has 1 heterocycles. The molecule has 4 amide bonds. The number of nitrogens with two attached hydrogens (primary N) is 1. The molecule has 0 aliphatic rings. The lowest BCUT2D eigenvalue weighted by Crippen LogP contribution is -2.55. The van der Waals surface area contributed by atoms with Gasteiger partial charge in [-0.05, 0) is 44.4 Å². The summed E-state index contributed by atoms with van der Waals surface area (Å²) in [5.74, 6) is -2.90. The quantitative estimate of drug-likeness (QED) is 0.157. The standard InChI is InChI=1S/C31H37N5O8/c1-31(2,3)44-30(42)35-23(13-14-26(32)38)29(41)34-24(15-21-17-36(19-37)25-12-8-7-11-22(21)25)28(40)33-16-27(39)43-18-20-9-5-4-6-10-20/h4-12,17,19,23-24H,13-16,18H2,1-3H3,(H2,32,38)(H,33,40)(H,34,41)(H,35,42)/t23-,24+/m0/s1. The summed E-state index contributed by atoms with van der Waals surface area (Å²) in [4.78, 5) is 74.7. The topological polar surface area (TPSA) is 188 Å². The Bertz CT molecular complexity index is 1500. The first-order chi connectivity index (χ1) is 20.9. The number of ether oxygens (including phenoxy) is 2. The lowest BCUT2D eigenvalue weighted by molar-refractivity contribution is -0.145. The minimum atomic E-state index is -1.28. The van der Waals surface area contributed by atoms with Gasteiger partial charge in [0.15, 0.2) is 0 Å². The van der Waals surface area contributed by atoms with Crippen molar-refractivity contribution in [1.82, 2.24) is 20.5 Å². The van der Waals surface area contributed by atoms with Crippen molar-refractivity contribution in [3.05, 3.63) is 71.9 Å². The zero-order valence-electron chi connectivity index (χ0n) is 24.8. The van der Waals surface area contributed by atoms with E-state index in [1.807, 2.05) is 6.07 Å². The molecule has 2 aromatic carbocycles. The van der Waals surface area contributed by atoms with Gasteiger partial charge in [0.2, 0.25) is 24.1 Å². The SMILES string of the molecule is CC(C)(C)OC(=O)N[C@@H](CCC(N)=O)C(=O)N[C@H](Cc1cn(C=O)c2ccccc12)C(=O)NCC(=O)OCc1ccccc1. The number of alkyl carbamates (subject to hydrolysis) is 1. The van der Waals surface area contributed by atoms with E-state index in [1.165, 1.54) is 4.57 Å². The van der Waals surface area contributed by atoms with Gasteiger partial charge in [-0.2, -0.15) is 0 Å². The van der Waals surface area contributed by atoms with Gasteiger partial charge in [-0.3, -0.25) is 28.5 Å². The van der Waals surface area contributed by atoms with Gasteiger partial charge in [0.05, 0.1) is 5.52 Å². The molecule has 0 bridgehead atoms. The van der Waals surface area contributed by atoms with Crippen molar-refractivity contribution in [3.63, 3.8) is 0 Å². The smallest absolute Gasteiger partial charge is 0.408 e. The number of fused-ring (bicyclic) bond motifs is 1. The summed E-state index contributed by atoms with van der Waals surface area (Å²) in [7, 11) is 0. The van der Waals surface area contributed by atoms with Crippen molar-refractivity contribution in [1.29, 1.82) is 0 Å². The van der Waals surface area contributed by atoms with E-state index in [0.717, 1.165) is 5.56 Å². The van der Waals surface area contributed by atoms with Gasteiger partial charge in [0.1, 0.15) is 30.8 Å². The second-order valence-electron chi connectivity index (χ2n) is 11.0. The van der Waals surface area contributed by atoms with E-state index in [0.29, 0.717) is 22.9 Å². The highest BCUT2D eigenvalue weighted by atomic mass is 16.6. The summed E-state index contributed by atoms with van der Waals surface area (Å²) in [5.41, 5.74) is 6.33. The molecule has 0 unspecified atom stereocenters. The van der Waals surface area contributed by atoms with Crippen LogP contribution in [0.1, 0.15) is 44.7 Å². The molecule has 0 saturated heterocycles. The molecule has 44 heavy (non-hydrogen) atoms. The maximum Gasteiger partial charge on any atom is 0.408 e. The molecule has 1 aromatic heterocycles. The van der Waals surface area contributed by atoms with E-state index in [9.17, 15) is 28.8 Å². The Morgan fingerprint density at radius 1 is 0.932 bits per heavy atom. The van der Waals surface area contributed by atoms with E-state index >= 15 is 0 Å². The van der Waals surface area contributed by atoms with Crippen molar-refractivity contribution in [2.45, 2.75) is 64.3 Å². The number of aromatic nitrogens is 1. The first-order valence-electron chi connectivity index (χ1n) is 14.0. The van der Waals surface area contributed by atoms with Crippen molar-refractivity contribution in [2.24, 2.45) is 5.73 Å². The summed E-state index contributed by atoms with van der Waals surface area (Å²) in [6.07, 6.45) is 0.788. The molecular weight excluding hydrogens is 570 g/mol. The largest absolute Gasteiger partial charge is 0.460 e. The normalized spacial score (nSPS) is 12.4. The zero-order chi connectivity index (χ0) is 32.3. The highest BCUT2D eigenvalue weighted by Crippen LogP contribution is 2.22. The highest BCUT2D eigenvalue weighted by molar-refractivity contribution is 5.94. The average molecular weight is 608 g/mol. The Balaban J connectivity index is 1.80. The van der Waals surface area contributed by atoms with Crippen molar-refractivity contribution in [2.75, 3.05) is 6.54 Å². The van der Waals surface area contributed by atoms with Crippen molar-refractivity contribution < 1.29 is 38.2 Å². The fourth-order valence-corrected chi connectivity index (χ4v) is 4.31. The van der Waals surface area contributed by atoms with Crippen LogP contribution in [0.5, 0.6) is 0 Å². The summed E-state index contributed by atoms with van der Waals surface area (Å²) >= 11 is 0. The van der Waals surface area contributed by atoms with Crippen LogP contribution < -0.4 is 21.7 Å². The lowest BCUT2D eigenvalue weighted by Gasteiger charge is -2.25. The molecule has 234 valence electrons. The van der Waals surface area contributed by atoms with Crippen LogP contribution in [0, 0.1) is 0 Å². The molecule has 0 saturated carbocycles. The predicted octanol–water partition coefficient (Wildman–Crippen LogP) is 1.73. The van der Waals surface area contributed by atoms with Crippen LogP contribution in [-0.2, 0) is 46.5 Å². The van der Waals surface area contributed by atoms with Crippen molar-refractivity contribution in [3.8, 4) is 0 Å². The number of para-hydroxylation sites is 1. The number of hydrogen-bond donors (Lipinski definition) is 4. The second-order valence-corrected chi connectivity index (χ2v) is 11.0. The monoisotopic (exact) mass is 607 g/mol. The predicted molar refractivity (Wildman–Crippen MR) is 161 cm³/mol. The zero-order valence-corrected chi connectivity index (χ0v) is 24.8. The molecule has 0 spiro atoms. The molecule has 2 atom stereocenters. The number of carbonyl (C=O) groups is 6. The highest BCUT2D eigenvalue weighted by Gasteiger charge is 2.30. The van der Waals surface area contributed by atoms with Gasteiger partial charge in [0.25, 0.3) is 0 Å². The summed E-state index contributed by atoms with van der Waals surface area (Å²) in [6.45, 7) is 4.47. The minimum absolute atomic E-state index is 0.0127. The average Bonchev–Trinajstić information content (AvgIpc) is 3.33. The molecule has 3 rings (SSSR count). The third kappa shape index (κ3) is 10.3. The number of nitrogens with one attached hydrogen (secondary N) is 3. The van der Waals surface area contributed by atoms with Crippen LogP contribution in [0.4, 0.5) is 4.79 Å². The van der Waals surface area contributed by atoms with Crippen LogP contribution in [-0.4, -0.2) is 65.0 Å². The van der Waals surface area contributed by atoms with Gasteiger partial charge in [-0.15, -0.1) is 0 Å². The van der Waals surface area contributed by atoms with Crippen LogP contribution in [0.25, 0.3) is 10.9 Å². The second kappa shape index (κ2) is 15.3. The molecule has 13 nitrogen and oxygen atoms in total. The summed E-state index contributed by atoms with van der Waals surface area (Å²) in [6, 6.07) is 13.5. The minimum Gasteiger partial charge on any atom is -0.460 e. The van der Waals surface area contributed by atoms with Crippen LogP contribution in [0.2, 0.25) is 0 Å². The Morgan fingerprint density at radius 2 is 1.61 bits per heavy atom. The molecule has 5 N–H and O–H groups in total. The van der Waals surface area contributed by atoms with Gasteiger partial charge >= 0.3 is 12.1 Å². The van der Waals surface area contributed by atoms with Gasteiger partial charge in [-0.25, -0.2) is 4.79 Å². The Hall–Kier alpha value is -5.20. The van der Waals surface area contributed by atoms with Crippen LogP contribution in [0.3, 0.4) is 0 Å². The van der Waals surface area contributed by atoms with Gasteiger partial charge < -0.3 is 31.2 Å². The van der Waals surface area contributed by atoms with E-state index in [4.69, 9.17) is 15.2 Å². The number of primary amides is 1. The maximum atomic E-state index is 13.4. The van der Waals surface area contributed by atoms with Crippen LogP contribution in [0.15, 0.2) is 60.8 Å². The van der Waals surface area contributed by atoms with E-state index in [1.54, 1.807) is 75.5 Å². The van der Waals surface area contributed by atoms with E-state index in [2.05, 4.69) is 16.0 Å². The summed E-state index contributed by atoms with van der Waals surface area (Å²) in [5, 5.41) is 8.19. The number of carbonyl (C=O) groups excluding carboxylic acids is 6. The molecule has 0 aliphatic carbocycles. The van der Waals surface area contributed by atoms with Gasteiger partial charge in [-0.1, -0.05) is 48.5 Å². The third-order valence-corrected chi connectivity index (χ3v) is 6.33. The number of rotatable bonds is 14. The Kier molecular flexibility index (Phi) is 11.6. The van der Waals surface area contributed by atoms with Crippen molar-refractivity contribution >= 4 is 47.1 Å². The molecule has 13 heteroatoms. The Labute approximate surface area is 254 Å². The number of nitrogens with zero attached hydrogens (tertiary/aromatic N) is 1. The lowest BCUT2D eigenvalue weighted by atomic mass is 10.0. The fraction of sp³-hybridized carbons (Fsp3) is 0.355. The third-order valence-electron chi connectivity index (χ3n) is 6.33. The maximum absolute atomic E-state index is 13.4. The van der Waals surface area contributed by atoms with E-state index in [-0.39, 0.29) is 25.9 Å². The fourth-order valence-electron chi connectivity index (χ4n) is 4.31. The van der Waals surface area contributed by atoms with Crippen LogP contribution >= 0.6 is 0 Å².